The molecule has 0 aromatic heterocycles. The molecule has 0 fully saturated rings. The molecule has 0 amide bonds. The van der Waals surface area contributed by atoms with Crippen molar-refractivity contribution in [3.8, 4) is 11.5 Å². The highest BCUT2D eigenvalue weighted by atomic mass is 16.5. The lowest BCUT2D eigenvalue weighted by atomic mass is 10.0. The van der Waals surface area contributed by atoms with Crippen molar-refractivity contribution >= 4 is 0 Å². The van der Waals surface area contributed by atoms with Gasteiger partial charge in [-0.2, -0.15) is 0 Å². The molecule has 0 radical (unpaired) electrons. The third-order valence-electron chi connectivity index (χ3n) is 3.52. The number of methoxy groups -OCH3 is 2. The molecule has 3 nitrogen and oxygen atoms in total. The number of nitrogens with one attached hydrogen (secondary N) is 1. The van der Waals surface area contributed by atoms with E-state index in [4.69, 9.17) is 9.47 Å². The summed E-state index contributed by atoms with van der Waals surface area (Å²) < 4.78 is 10.6. The van der Waals surface area contributed by atoms with Gasteiger partial charge in [-0.1, -0.05) is 20.3 Å². The molecule has 0 aliphatic heterocycles. The summed E-state index contributed by atoms with van der Waals surface area (Å²) in [5.74, 6) is 2.44. The topological polar surface area (TPSA) is 30.5 Å². The Balaban J connectivity index is 2.56. The van der Waals surface area contributed by atoms with Crippen LogP contribution >= 0.6 is 0 Å². The average molecular weight is 265 g/mol. The Labute approximate surface area is 117 Å². The van der Waals surface area contributed by atoms with Gasteiger partial charge in [0.15, 0.2) is 0 Å². The van der Waals surface area contributed by atoms with E-state index < -0.39 is 0 Å². The zero-order valence-electron chi connectivity index (χ0n) is 12.8. The lowest BCUT2D eigenvalue weighted by Gasteiger charge is -2.18. The largest absolute Gasteiger partial charge is 0.497 e. The molecule has 1 aromatic rings. The van der Waals surface area contributed by atoms with Crippen LogP contribution < -0.4 is 14.8 Å². The molecule has 2 atom stereocenters. The van der Waals surface area contributed by atoms with Crippen molar-refractivity contribution in [2.45, 2.75) is 46.2 Å². The van der Waals surface area contributed by atoms with E-state index in [1.165, 1.54) is 18.4 Å². The van der Waals surface area contributed by atoms with Crippen molar-refractivity contribution in [1.29, 1.82) is 0 Å². The molecular formula is C16H27NO2. The SMILES string of the molecule is CCC(C)CC(C)NCc1cc(OC)cc(OC)c1. The third-order valence-corrected chi connectivity index (χ3v) is 3.52. The minimum atomic E-state index is 0.521. The Hall–Kier alpha value is -1.22. The number of hydrogen-bond acceptors (Lipinski definition) is 3. The second-order valence-electron chi connectivity index (χ2n) is 5.25. The lowest BCUT2D eigenvalue weighted by Crippen LogP contribution is -2.27. The number of benzene rings is 1. The minimum Gasteiger partial charge on any atom is -0.497 e. The summed E-state index contributed by atoms with van der Waals surface area (Å²) in [6, 6.07) is 6.51. The van der Waals surface area contributed by atoms with E-state index in [-0.39, 0.29) is 0 Å². The number of ether oxygens (including phenoxy) is 2. The maximum Gasteiger partial charge on any atom is 0.122 e. The molecule has 1 aromatic carbocycles. The molecule has 2 unspecified atom stereocenters. The molecular weight excluding hydrogens is 238 g/mol. The first kappa shape index (κ1) is 15.8. The molecule has 0 aliphatic carbocycles. The third kappa shape index (κ3) is 5.52. The van der Waals surface area contributed by atoms with E-state index in [1.54, 1.807) is 14.2 Å². The maximum absolute atomic E-state index is 5.28. The molecule has 3 heteroatoms. The second kappa shape index (κ2) is 8.05. The van der Waals surface area contributed by atoms with Crippen LogP contribution in [0.15, 0.2) is 18.2 Å². The Morgan fingerprint density at radius 1 is 1.05 bits per heavy atom. The van der Waals surface area contributed by atoms with Gasteiger partial charge in [-0.15, -0.1) is 0 Å². The van der Waals surface area contributed by atoms with Crippen molar-refractivity contribution in [2.24, 2.45) is 5.92 Å². The molecule has 19 heavy (non-hydrogen) atoms. The molecule has 0 spiro atoms. The van der Waals surface area contributed by atoms with Gasteiger partial charge >= 0.3 is 0 Å². The predicted molar refractivity (Wildman–Crippen MR) is 79.9 cm³/mol. The highest BCUT2D eigenvalue weighted by molar-refractivity contribution is 5.38. The fourth-order valence-corrected chi connectivity index (χ4v) is 2.11. The summed E-state index contributed by atoms with van der Waals surface area (Å²) in [7, 11) is 3.36. The van der Waals surface area contributed by atoms with E-state index in [0.29, 0.717) is 6.04 Å². The lowest BCUT2D eigenvalue weighted by molar-refractivity contribution is 0.390. The Bertz CT molecular complexity index is 357. The standard InChI is InChI=1S/C16H27NO2/c1-6-12(2)7-13(3)17-11-14-8-15(18-4)10-16(9-14)19-5/h8-10,12-13,17H,6-7,11H2,1-5H3. The fraction of sp³-hybridized carbons (Fsp3) is 0.625. The van der Waals surface area contributed by atoms with Gasteiger partial charge in [0.1, 0.15) is 11.5 Å². The summed E-state index contributed by atoms with van der Waals surface area (Å²) in [5.41, 5.74) is 1.19. The van der Waals surface area contributed by atoms with Crippen molar-refractivity contribution in [3.05, 3.63) is 23.8 Å². The van der Waals surface area contributed by atoms with Crippen LogP contribution in [-0.4, -0.2) is 20.3 Å². The molecule has 0 aliphatic rings. The van der Waals surface area contributed by atoms with Crippen LogP contribution in [0.2, 0.25) is 0 Å². The van der Waals surface area contributed by atoms with Gasteiger partial charge in [0, 0.05) is 18.7 Å². The van der Waals surface area contributed by atoms with E-state index in [9.17, 15) is 0 Å². The van der Waals surface area contributed by atoms with Crippen LogP contribution in [0, 0.1) is 5.92 Å². The first-order valence-corrected chi connectivity index (χ1v) is 7.04. The molecule has 0 saturated heterocycles. The van der Waals surface area contributed by atoms with Crippen LogP contribution in [0.4, 0.5) is 0 Å². The Morgan fingerprint density at radius 3 is 2.11 bits per heavy atom. The van der Waals surface area contributed by atoms with Crippen LogP contribution in [0.3, 0.4) is 0 Å². The maximum atomic E-state index is 5.28. The minimum absolute atomic E-state index is 0.521. The van der Waals surface area contributed by atoms with Crippen molar-refractivity contribution < 1.29 is 9.47 Å². The highest BCUT2D eigenvalue weighted by Crippen LogP contribution is 2.22. The first-order chi connectivity index (χ1) is 9.08. The smallest absolute Gasteiger partial charge is 0.122 e. The summed E-state index contributed by atoms with van der Waals surface area (Å²) >= 11 is 0. The molecule has 0 bridgehead atoms. The zero-order chi connectivity index (χ0) is 14.3. The van der Waals surface area contributed by atoms with Crippen molar-refractivity contribution in [3.63, 3.8) is 0 Å². The predicted octanol–water partition coefficient (Wildman–Crippen LogP) is 3.62. The van der Waals surface area contributed by atoms with Crippen molar-refractivity contribution in [1.82, 2.24) is 5.32 Å². The van der Waals surface area contributed by atoms with E-state index >= 15 is 0 Å². The van der Waals surface area contributed by atoms with Crippen LogP contribution in [-0.2, 0) is 6.54 Å². The second-order valence-corrected chi connectivity index (χ2v) is 5.25. The summed E-state index contributed by atoms with van der Waals surface area (Å²) in [6.45, 7) is 7.62. The average Bonchev–Trinajstić information content (AvgIpc) is 2.44. The van der Waals surface area contributed by atoms with E-state index in [1.807, 2.05) is 18.2 Å². The van der Waals surface area contributed by atoms with Crippen LogP contribution in [0.5, 0.6) is 11.5 Å². The highest BCUT2D eigenvalue weighted by Gasteiger charge is 2.08. The van der Waals surface area contributed by atoms with Gasteiger partial charge in [0.05, 0.1) is 14.2 Å². The summed E-state index contributed by atoms with van der Waals surface area (Å²) in [6.07, 6.45) is 2.44. The summed E-state index contributed by atoms with van der Waals surface area (Å²) in [4.78, 5) is 0. The van der Waals surface area contributed by atoms with Gasteiger partial charge in [0.2, 0.25) is 0 Å². The molecule has 1 rings (SSSR count). The van der Waals surface area contributed by atoms with Crippen molar-refractivity contribution in [2.75, 3.05) is 14.2 Å². The fourth-order valence-electron chi connectivity index (χ4n) is 2.11. The van der Waals surface area contributed by atoms with Gasteiger partial charge in [-0.3, -0.25) is 0 Å². The molecule has 0 heterocycles. The normalized spacial score (nSPS) is 13.9. The van der Waals surface area contributed by atoms with Gasteiger partial charge < -0.3 is 14.8 Å². The summed E-state index contributed by atoms with van der Waals surface area (Å²) in [5, 5.41) is 3.56. The van der Waals surface area contributed by atoms with Gasteiger partial charge in [-0.25, -0.2) is 0 Å². The quantitative estimate of drug-likeness (QED) is 0.778. The Morgan fingerprint density at radius 2 is 1.63 bits per heavy atom. The zero-order valence-corrected chi connectivity index (χ0v) is 12.8. The van der Waals surface area contributed by atoms with Gasteiger partial charge in [0.25, 0.3) is 0 Å². The molecule has 1 N–H and O–H groups in total. The number of rotatable bonds is 8. The van der Waals surface area contributed by atoms with E-state index in [0.717, 1.165) is 24.0 Å². The number of hydrogen-bond donors (Lipinski definition) is 1. The van der Waals surface area contributed by atoms with Gasteiger partial charge in [-0.05, 0) is 37.0 Å². The molecule has 108 valence electrons. The van der Waals surface area contributed by atoms with Crippen LogP contribution in [0.25, 0.3) is 0 Å². The first-order valence-electron chi connectivity index (χ1n) is 7.04. The Kier molecular flexibility index (Phi) is 6.71. The monoisotopic (exact) mass is 265 g/mol. The van der Waals surface area contributed by atoms with Crippen LogP contribution in [0.1, 0.15) is 39.2 Å². The van der Waals surface area contributed by atoms with E-state index in [2.05, 4.69) is 26.1 Å². The molecule has 0 saturated carbocycles.